The first-order chi connectivity index (χ1) is 9.10. The van der Waals surface area contributed by atoms with Crippen molar-refractivity contribution >= 4 is 16.9 Å². The lowest BCUT2D eigenvalue weighted by molar-refractivity contribution is -0.141. The summed E-state index contributed by atoms with van der Waals surface area (Å²) in [5.74, 6) is 1.03. The summed E-state index contributed by atoms with van der Waals surface area (Å²) in [5, 5.41) is 0.999. The molecule has 0 saturated heterocycles. The number of hydrogen-bond acceptors (Lipinski definition) is 4. The second-order valence-corrected chi connectivity index (χ2v) is 4.21. The van der Waals surface area contributed by atoms with Gasteiger partial charge in [-0.2, -0.15) is 0 Å². The zero-order valence-electron chi connectivity index (χ0n) is 11.5. The van der Waals surface area contributed by atoms with E-state index in [1.807, 2.05) is 29.7 Å². The Morgan fingerprint density at radius 1 is 1.11 bits per heavy atom. The molecule has 2 aromatic rings. The van der Waals surface area contributed by atoms with Gasteiger partial charge < -0.3 is 18.8 Å². The van der Waals surface area contributed by atoms with Gasteiger partial charge in [-0.25, -0.2) is 0 Å². The molecule has 5 nitrogen and oxygen atoms in total. The quantitative estimate of drug-likeness (QED) is 0.793. The topological polar surface area (TPSA) is 49.7 Å². The fourth-order valence-electron chi connectivity index (χ4n) is 2.13. The number of hydrogen-bond donors (Lipinski definition) is 0. The van der Waals surface area contributed by atoms with Crippen molar-refractivity contribution in [2.75, 3.05) is 21.3 Å². The highest BCUT2D eigenvalue weighted by Gasteiger charge is 2.13. The lowest BCUT2D eigenvalue weighted by atomic mass is 10.2. The number of methoxy groups -OCH3 is 3. The lowest BCUT2D eigenvalue weighted by Gasteiger charge is -2.10. The second-order valence-electron chi connectivity index (χ2n) is 4.21. The van der Waals surface area contributed by atoms with E-state index in [1.54, 1.807) is 14.2 Å². The predicted molar refractivity (Wildman–Crippen MR) is 71.8 cm³/mol. The molecule has 0 radical (unpaired) electrons. The maximum atomic E-state index is 11.5. The monoisotopic (exact) mass is 263 g/mol. The van der Waals surface area contributed by atoms with Crippen LogP contribution < -0.4 is 9.47 Å². The van der Waals surface area contributed by atoms with Crippen LogP contribution in [-0.4, -0.2) is 31.9 Å². The van der Waals surface area contributed by atoms with Gasteiger partial charge in [0.2, 0.25) is 0 Å². The van der Waals surface area contributed by atoms with Crippen molar-refractivity contribution in [3.63, 3.8) is 0 Å². The molecule has 1 heterocycles. The number of fused-ring (bicyclic) bond motifs is 1. The van der Waals surface area contributed by atoms with Gasteiger partial charge in [0.15, 0.2) is 11.5 Å². The summed E-state index contributed by atoms with van der Waals surface area (Å²) in [6, 6.07) is 5.76. The number of ether oxygens (including phenoxy) is 3. The number of nitrogens with zero attached hydrogens (tertiary/aromatic N) is 1. The van der Waals surface area contributed by atoms with Gasteiger partial charge in [0.25, 0.3) is 0 Å². The van der Waals surface area contributed by atoms with E-state index in [-0.39, 0.29) is 12.5 Å². The van der Waals surface area contributed by atoms with Gasteiger partial charge in [-0.3, -0.25) is 4.79 Å². The molecule has 0 N–H and O–H groups in total. The van der Waals surface area contributed by atoms with E-state index >= 15 is 0 Å². The van der Waals surface area contributed by atoms with Crippen molar-refractivity contribution in [3.8, 4) is 11.5 Å². The molecule has 0 aliphatic rings. The van der Waals surface area contributed by atoms with Crippen molar-refractivity contribution in [1.29, 1.82) is 0 Å². The minimum Gasteiger partial charge on any atom is -0.493 e. The molecule has 0 aliphatic carbocycles. The van der Waals surface area contributed by atoms with Gasteiger partial charge in [-0.15, -0.1) is 0 Å². The first kappa shape index (κ1) is 13.3. The van der Waals surface area contributed by atoms with Crippen LogP contribution in [0.1, 0.15) is 5.69 Å². The second kappa shape index (κ2) is 5.22. The van der Waals surface area contributed by atoms with E-state index in [4.69, 9.17) is 14.2 Å². The minimum absolute atomic E-state index is 0.182. The summed E-state index contributed by atoms with van der Waals surface area (Å²) < 4.78 is 17.2. The third-order valence-electron chi connectivity index (χ3n) is 3.13. The van der Waals surface area contributed by atoms with Crippen molar-refractivity contribution in [2.45, 2.75) is 13.5 Å². The van der Waals surface area contributed by atoms with E-state index in [9.17, 15) is 4.79 Å². The smallest absolute Gasteiger partial charge is 0.325 e. The van der Waals surface area contributed by atoms with E-state index in [2.05, 4.69) is 0 Å². The third-order valence-corrected chi connectivity index (χ3v) is 3.13. The minimum atomic E-state index is -0.282. The molecule has 0 fully saturated rings. The molecule has 0 saturated carbocycles. The van der Waals surface area contributed by atoms with Crippen LogP contribution >= 0.6 is 0 Å². The molecule has 0 bridgehead atoms. The molecule has 1 aromatic carbocycles. The highest BCUT2D eigenvalue weighted by Crippen LogP contribution is 2.33. The molecule has 0 spiro atoms. The summed E-state index contributed by atoms with van der Waals surface area (Å²) in [7, 11) is 4.57. The molecular formula is C14H17NO4. The number of aromatic nitrogens is 1. The first-order valence-electron chi connectivity index (χ1n) is 5.89. The van der Waals surface area contributed by atoms with Crippen LogP contribution in [0.4, 0.5) is 0 Å². The Labute approximate surface area is 111 Å². The third kappa shape index (κ3) is 2.36. The molecular weight excluding hydrogens is 246 g/mol. The van der Waals surface area contributed by atoms with Crippen molar-refractivity contribution < 1.29 is 19.0 Å². The average molecular weight is 263 g/mol. The molecule has 0 unspecified atom stereocenters. The van der Waals surface area contributed by atoms with E-state index in [0.717, 1.165) is 16.6 Å². The largest absolute Gasteiger partial charge is 0.493 e. The summed E-state index contributed by atoms with van der Waals surface area (Å²) in [4.78, 5) is 11.5. The fourth-order valence-corrected chi connectivity index (χ4v) is 2.13. The Hall–Kier alpha value is -2.17. The average Bonchev–Trinajstić information content (AvgIpc) is 2.72. The predicted octanol–water partition coefficient (Wildman–Crippen LogP) is 2.14. The van der Waals surface area contributed by atoms with Crippen LogP contribution in [-0.2, 0) is 16.1 Å². The SMILES string of the molecule is COC(=O)Cn1c(C)cc2cc(OC)c(OC)cc21. The van der Waals surface area contributed by atoms with Crippen LogP contribution in [0, 0.1) is 6.92 Å². The molecule has 1 aromatic heterocycles. The zero-order chi connectivity index (χ0) is 14.0. The highest BCUT2D eigenvalue weighted by molar-refractivity contribution is 5.86. The molecule has 0 atom stereocenters. The maximum absolute atomic E-state index is 11.5. The number of carbonyl (C=O) groups excluding carboxylic acids is 1. The van der Waals surface area contributed by atoms with Crippen LogP contribution in [0.3, 0.4) is 0 Å². The number of carbonyl (C=O) groups is 1. The van der Waals surface area contributed by atoms with Gasteiger partial charge in [-0.1, -0.05) is 0 Å². The molecule has 0 amide bonds. The summed E-state index contributed by atoms with van der Waals surface area (Å²) in [5.41, 5.74) is 1.90. The summed E-state index contributed by atoms with van der Waals surface area (Å²) in [6.07, 6.45) is 0. The summed E-state index contributed by atoms with van der Waals surface area (Å²) >= 11 is 0. The van der Waals surface area contributed by atoms with Crippen LogP contribution in [0.25, 0.3) is 10.9 Å². The normalized spacial score (nSPS) is 10.5. The summed E-state index contributed by atoms with van der Waals surface area (Å²) in [6.45, 7) is 2.13. The van der Waals surface area contributed by atoms with Crippen molar-refractivity contribution in [1.82, 2.24) is 4.57 Å². The van der Waals surface area contributed by atoms with Gasteiger partial charge in [0.1, 0.15) is 6.54 Å². The molecule has 19 heavy (non-hydrogen) atoms. The Morgan fingerprint density at radius 3 is 2.32 bits per heavy atom. The van der Waals surface area contributed by atoms with E-state index in [1.165, 1.54) is 7.11 Å². The van der Waals surface area contributed by atoms with Crippen LogP contribution in [0.15, 0.2) is 18.2 Å². The first-order valence-corrected chi connectivity index (χ1v) is 5.89. The van der Waals surface area contributed by atoms with Gasteiger partial charge in [0, 0.05) is 17.1 Å². The molecule has 2 rings (SSSR count). The van der Waals surface area contributed by atoms with Gasteiger partial charge in [0.05, 0.1) is 26.8 Å². The van der Waals surface area contributed by atoms with Crippen molar-refractivity contribution in [2.24, 2.45) is 0 Å². The van der Waals surface area contributed by atoms with Crippen molar-refractivity contribution in [3.05, 3.63) is 23.9 Å². The number of esters is 1. The van der Waals surface area contributed by atoms with E-state index in [0.29, 0.717) is 11.5 Å². The van der Waals surface area contributed by atoms with E-state index < -0.39 is 0 Å². The highest BCUT2D eigenvalue weighted by atomic mass is 16.5. The number of benzene rings is 1. The Bertz CT molecular complexity index is 615. The Balaban J connectivity index is 2.58. The zero-order valence-corrected chi connectivity index (χ0v) is 11.5. The van der Waals surface area contributed by atoms with Gasteiger partial charge in [-0.05, 0) is 19.1 Å². The fraction of sp³-hybridized carbons (Fsp3) is 0.357. The van der Waals surface area contributed by atoms with Gasteiger partial charge >= 0.3 is 5.97 Å². The standard InChI is InChI=1S/C14H17NO4/c1-9-5-10-6-12(17-2)13(18-3)7-11(10)15(9)8-14(16)19-4/h5-7H,8H2,1-4H3. The number of rotatable bonds is 4. The van der Waals surface area contributed by atoms with Crippen LogP contribution in [0.2, 0.25) is 0 Å². The lowest BCUT2D eigenvalue weighted by Crippen LogP contribution is -2.12. The molecule has 102 valence electrons. The number of aryl methyl sites for hydroxylation is 1. The Kier molecular flexibility index (Phi) is 3.64. The molecule has 0 aliphatic heterocycles. The maximum Gasteiger partial charge on any atom is 0.325 e. The van der Waals surface area contributed by atoms with Crippen LogP contribution in [0.5, 0.6) is 11.5 Å². The molecule has 5 heteroatoms. The Morgan fingerprint density at radius 2 is 1.74 bits per heavy atom.